The number of amides is 1. The van der Waals surface area contributed by atoms with E-state index in [1.54, 1.807) is 18.3 Å². The van der Waals surface area contributed by atoms with Crippen LogP contribution in [0.1, 0.15) is 21.6 Å². The highest BCUT2D eigenvalue weighted by molar-refractivity contribution is 9.10. The van der Waals surface area contributed by atoms with E-state index in [0.717, 1.165) is 10.9 Å². The normalized spacial score (nSPS) is 10.3. The summed E-state index contributed by atoms with van der Waals surface area (Å²) in [4.78, 5) is 16.1. The Balaban J connectivity index is 1.91. The van der Waals surface area contributed by atoms with Gasteiger partial charge in [0, 0.05) is 29.3 Å². The monoisotopic (exact) mass is 333 g/mol. The Bertz CT molecular complexity index is 601. The highest BCUT2D eigenvalue weighted by Crippen LogP contribution is 2.15. The maximum absolute atomic E-state index is 12.0. The number of hydrogen-bond acceptors (Lipinski definition) is 3. The summed E-state index contributed by atoms with van der Waals surface area (Å²) in [7, 11) is 0. The molecule has 3 N–H and O–H groups in total. The van der Waals surface area contributed by atoms with Crippen LogP contribution in [0.2, 0.25) is 0 Å². The third kappa shape index (κ3) is 3.88. The Labute approximate surface area is 126 Å². The number of pyridine rings is 1. The standard InChI is InChI=1S/C15H16BrN3O/c16-14-4-2-1-3-11(14)5-8-19-15(20)12-6-7-18-13(9-12)10-17/h1-4,6-7,9H,5,8,10,17H2,(H,19,20). The summed E-state index contributed by atoms with van der Waals surface area (Å²) in [6, 6.07) is 11.4. The van der Waals surface area contributed by atoms with Gasteiger partial charge in [-0.3, -0.25) is 9.78 Å². The minimum absolute atomic E-state index is 0.103. The minimum Gasteiger partial charge on any atom is -0.352 e. The highest BCUT2D eigenvalue weighted by Gasteiger charge is 2.06. The van der Waals surface area contributed by atoms with E-state index in [1.165, 1.54) is 5.56 Å². The molecule has 104 valence electrons. The van der Waals surface area contributed by atoms with E-state index < -0.39 is 0 Å². The molecule has 1 amide bonds. The zero-order valence-electron chi connectivity index (χ0n) is 11.0. The molecule has 2 aromatic rings. The Hall–Kier alpha value is -1.72. The maximum atomic E-state index is 12.0. The number of halogens is 1. The zero-order valence-corrected chi connectivity index (χ0v) is 12.6. The van der Waals surface area contributed by atoms with Crippen LogP contribution < -0.4 is 11.1 Å². The van der Waals surface area contributed by atoms with Crippen molar-refractivity contribution in [2.75, 3.05) is 6.54 Å². The first kappa shape index (κ1) is 14.7. The molecule has 5 heteroatoms. The van der Waals surface area contributed by atoms with E-state index in [9.17, 15) is 4.79 Å². The molecule has 1 aromatic carbocycles. The van der Waals surface area contributed by atoms with Gasteiger partial charge in [0.1, 0.15) is 0 Å². The number of nitrogens with two attached hydrogens (primary N) is 1. The van der Waals surface area contributed by atoms with Crippen LogP contribution in [-0.4, -0.2) is 17.4 Å². The summed E-state index contributed by atoms with van der Waals surface area (Å²) in [5.41, 5.74) is 7.99. The number of nitrogens with zero attached hydrogens (tertiary/aromatic N) is 1. The van der Waals surface area contributed by atoms with Crippen molar-refractivity contribution < 1.29 is 4.79 Å². The summed E-state index contributed by atoms with van der Waals surface area (Å²) < 4.78 is 1.06. The lowest BCUT2D eigenvalue weighted by Crippen LogP contribution is -2.26. The number of carbonyl (C=O) groups excluding carboxylic acids is 1. The second-order valence-corrected chi connectivity index (χ2v) is 5.19. The summed E-state index contributed by atoms with van der Waals surface area (Å²) in [6.45, 7) is 0.916. The first-order chi connectivity index (χ1) is 9.70. The van der Waals surface area contributed by atoms with Gasteiger partial charge in [-0.1, -0.05) is 34.1 Å². The van der Waals surface area contributed by atoms with Gasteiger partial charge >= 0.3 is 0 Å². The van der Waals surface area contributed by atoms with Crippen molar-refractivity contribution in [1.82, 2.24) is 10.3 Å². The average Bonchev–Trinajstić information content (AvgIpc) is 2.49. The van der Waals surface area contributed by atoms with Gasteiger partial charge in [0.25, 0.3) is 5.91 Å². The molecule has 2 rings (SSSR count). The second-order valence-electron chi connectivity index (χ2n) is 4.34. The molecule has 0 radical (unpaired) electrons. The van der Waals surface area contributed by atoms with Crippen LogP contribution in [0.3, 0.4) is 0 Å². The second kappa shape index (κ2) is 7.17. The van der Waals surface area contributed by atoms with Gasteiger partial charge < -0.3 is 11.1 Å². The fourth-order valence-corrected chi connectivity index (χ4v) is 2.33. The van der Waals surface area contributed by atoms with E-state index in [1.807, 2.05) is 24.3 Å². The van der Waals surface area contributed by atoms with Gasteiger partial charge in [0.05, 0.1) is 5.69 Å². The van der Waals surface area contributed by atoms with Crippen molar-refractivity contribution in [3.8, 4) is 0 Å². The van der Waals surface area contributed by atoms with E-state index in [2.05, 4.69) is 26.2 Å². The summed E-state index contributed by atoms with van der Waals surface area (Å²) in [6.07, 6.45) is 2.38. The van der Waals surface area contributed by atoms with Gasteiger partial charge in [0.2, 0.25) is 0 Å². The van der Waals surface area contributed by atoms with E-state index in [4.69, 9.17) is 5.73 Å². The van der Waals surface area contributed by atoms with Crippen LogP contribution >= 0.6 is 15.9 Å². The largest absolute Gasteiger partial charge is 0.352 e. The predicted molar refractivity (Wildman–Crippen MR) is 82.3 cm³/mol. The lowest BCUT2D eigenvalue weighted by molar-refractivity contribution is 0.0954. The van der Waals surface area contributed by atoms with Crippen molar-refractivity contribution in [3.05, 3.63) is 63.9 Å². The fraction of sp³-hybridized carbons (Fsp3) is 0.200. The molecular formula is C15H16BrN3O. The SMILES string of the molecule is NCc1cc(C(=O)NCCc2ccccc2Br)ccn1. The molecule has 0 atom stereocenters. The Morgan fingerprint density at radius 2 is 2.10 bits per heavy atom. The van der Waals surface area contributed by atoms with Gasteiger partial charge in [-0.2, -0.15) is 0 Å². The first-order valence-electron chi connectivity index (χ1n) is 6.37. The summed E-state index contributed by atoms with van der Waals surface area (Å²) in [5.74, 6) is -0.103. The third-order valence-corrected chi connectivity index (χ3v) is 3.70. The lowest BCUT2D eigenvalue weighted by atomic mass is 10.1. The predicted octanol–water partition coefficient (Wildman–Crippen LogP) is 2.28. The zero-order chi connectivity index (χ0) is 14.4. The van der Waals surface area contributed by atoms with Gasteiger partial charge in [-0.05, 0) is 30.2 Å². The molecule has 1 aromatic heterocycles. The molecule has 0 bridgehead atoms. The van der Waals surface area contributed by atoms with Gasteiger partial charge in [0.15, 0.2) is 0 Å². The smallest absolute Gasteiger partial charge is 0.251 e. The Morgan fingerprint density at radius 3 is 2.85 bits per heavy atom. The molecular weight excluding hydrogens is 318 g/mol. The van der Waals surface area contributed by atoms with E-state index in [-0.39, 0.29) is 5.91 Å². The number of benzene rings is 1. The molecule has 4 nitrogen and oxygen atoms in total. The number of nitrogens with one attached hydrogen (secondary N) is 1. The number of carbonyl (C=O) groups is 1. The molecule has 0 aliphatic heterocycles. The van der Waals surface area contributed by atoms with Crippen LogP contribution in [0, 0.1) is 0 Å². The Morgan fingerprint density at radius 1 is 1.30 bits per heavy atom. The van der Waals surface area contributed by atoms with Crippen LogP contribution in [-0.2, 0) is 13.0 Å². The molecule has 1 heterocycles. The van der Waals surface area contributed by atoms with Crippen molar-refractivity contribution in [2.45, 2.75) is 13.0 Å². The van der Waals surface area contributed by atoms with Gasteiger partial charge in [-0.15, -0.1) is 0 Å². The lowest BCUT2D eigenvalue weighted by Gasteiger charge is -2.07. The number of aromatic nitrogens is 1. The van der Waals surface area contributed by atoms with Crippen LogP contribution in [0.15, 0.2) is 47.1 Å². The average molecular weight is 334 g/mol. The Kier molecular flexibility index (Phi) is 5.26. The highest BCUT2D eigenvalue weighted by atomic mass is 79.9. The summed E-state index contributed by atoms with van der Waals surface area (Å²) in [5, 5.41) is 2.90. The molecule has 0 saturated carbocycles. The molecule has 0 spiro atoms. The summed E-state index contributed by atoms with van der Waals surface area (Å²) >= 11 is 3.49. The quantitative estimate of drug-likeness (QED) is 0.881. The van der Waals surface area contributed by atoms with Crippen molar-refractivity contribution >= 4 is 21.8 Å². The van der Waals surface area contributed by atoms with Gasteiger partial charge in [-0.25, -0.2) is 0 Å². The maximum Gasteiger partial charge on any atom is 0.251 e. The van der Waals surface area contributed by atoms with Crippen molar-refractivity contribution in [3.63, 3.8) is 0 Å². The molecule has 0 aliphatic rings. The van der Waals surface area contributed by atoms with Crippen LogP contribution in [0.4, 0.5) is 0 Å². The minimum atomic E-state index is -0.103. The third-order valence-electron chi connectivity index (χ3n) is 2.93. The van der Waals surface area contributed by atoms with Crippen molar-refractivity contribution in [2.24, 2.45) is 5.73 Å². The van der Waals surface area contributed by atoms with Crippen LogP contribution in [0.25, 0.3) is 0 Å². The first-order valence-corrected chi connectivity index (χ1v) is 7.16. The molecule has 0 unspecified atom stereocenters. The number of rotatable bonds is 5. The van der Waals surface area contributed by atoms with E-state index >= 15 is 0 Å². The topological polar surface area (TPSA) is 68.0 Å². The van der Waals surface area contributed by atoms with Crippen LogP contribution in [0.5, 0.6) is 0 Å². The molecule has 0 saturated heterocycles. The molecule has 20 heavy (non-hydrogen) atoms. The number of hydrogen-bond donors (Lipinski definition) is 2. The van der Waals surface area contributed by atoms with E-state index in [0.29, 0.717) is 24.3 Å². The molecule has 0 fully saturated rings. The fourth-order valence-electron chi connectivity index (χ4n) is 1.84. The van der Waals surface area contributed by atoms with Crippen molar-refractivity contribution in [1.29, 1.82) is 0 Å². The molecule has 0 aliphatic carbocycles.